The van der Waals surface area contributed by atoms with Gasteiger partial charge < -0.3 is 15.2 Å². The number of hydrogen-bond donors (Lipinski definition) is 2. The van der Waals surface area contributed by atoms with Crippen LogP contribution in [0.25, 0.3) is 27.8 Å². The Morgan fingerprint density at radius 2 is 1.89 bits per heavy atom. The zero-order chi connectivity index (χ0) is 24.8. The molecule has 5 heterocycles. The van der Waals surface area contributed by atoms with E-state index in [9.17, 15) is 13.6 Å². The van der Waals surface area contributed by atoms with Gasteiger partial charge in [-0.2, -0.15) is 0 Å². The van der Waals surface area contributed by atoms with E-state index in [1.165, 1.54) is 28.6 Å². The molecule has 36 heavy (non-hydrogen) atoms. The fourth-order valence-electron chi connectivity index (χ4n) is 4.71. The molecule has 1 aliphatic heterocycles. The van der Waals surface area contributed by atoms with Crippen molar-refractivity contribution >= 4 is 28.3 Å². The zero-order valence-electron chi connectivity index (χ0n) is 19.4. The van der Waals surface area contributed by atoms with Gasteiger partial charge in [0.2, 0.25) is 5.95 Å². The number of aromatic nitrogens is 6. The number of fused-ring (bicyclic) bond motifs is 3. The number of halogens is 2. The van der Waals surface area contributed by atoms with Crippen LogP contribution in [0.5, 0.6) is 0 Å². The van der Waals surface area contributed by atoms with E-state index in [-0.39, 0.29) is 28.1 Å². The normalized spacial score (nSPS) is 15.1. The fourth-order valence-corrected chi connectivity index (χ4v) is 4.71. The van der Waals surface area contributed by atoms with Crippen molar-refractivity contribution in [3.05, 3.63) is 76.7 Å². The number of imidazole rings is 1. The van der Waals surface area contributed by atoms with E-state index in [1.54, 1.807) is 0 Å². The first-order valence-corrected chi connectivity index (χ1v) is 11.6. The Balaban J connectivity index is 1.32. The molecule has 0 aliphatic carbocycles. The first-order chi connectivity index (χ1) is 17.5. The van der Waals surface area contributed by atoms with Gasteiger partial charge in [0.1, 0.15) is 29.3 Å². The third-order valence-electron chi connectivity index (χ3n) is 6.67. The Labute approximate surface area is 203 Å². The average molecular weight is 489 g/mol. The molecular formula is C25H22F2N8O. The molecule has 5 aromatic rings. The van der Waals surface area contributed by atoms with Gasteiger partial charge in [0.15, 0.2) is 5.82 Å². The van der Waals surface area contributed by atoms with Crippen molar-refractivity contribution in [3.63, 3.8) is 0 Å². The minimum Gasteiger partial charge on any atom is -0.309 e. The Kier molecular flexibility index (Phi) is 5.41. The molecule has 11 heteroatoms. The molecule has 182 valence electrons. The van der Waals surface area contributed by atoms with Gasteiger partial charge in [-0.25, -0.2) is 28.7 Å². The lowest BCUT2D eigenvalue weighted by Gasteiger charge is -2.29. The maximum absolute atomic E-state index is 15.0. The van der Waals surface area contributed by atoms with Crippen molar-refractivity contribution in [2.24, 2.45) is 0 Å². The number of likely N-dealkylation sites (tertiary alicyclic amines) is 1. The second-order valence-corrected chi connectivity index (χ2v) is 9.02. The van der Waals surface area contributed by atoms with Gasteiger partial charge in [-0.15, -0.1) is 0 Å². The van der Waals surface area contributed by atoms with Crippen molar-refractivity contribution in [2.45, 2.75) is 18.8 Å². The Morgan fingerprint density at radius 1 is 1.06 bits per heavy atom. The van der Waals surface area contributed by atoms with Gasteiger partial charge in [0, 0.05) is 11.8 Å². The monoisotopic (exact) mass is 488 g/mol. The van der Waals surface area contributed by atoms with E-state index >= 15 is 0 Å². The molecule has 0 bridgehead atoms. The predicted octanol–water partition coefficient (Wildman–Crippen LogP) is 3.86. The SMILES string of the molecule is CN1CCC(c2ccc(Nc3ncc(F)c(-c4cc(F)c5c(=O)[nH]c6cncn6c5c4)n3)nc2)CC1. The van der Waals surface area contributed by atoms with E-state index in [2.05, 4.69) is 42.2 Å². The van der Waals surface area contributed by atoms with Gasteiger partial charge in [-0.3, -0.25) is 9.20 Å². The van der Waals surface area contributed by atoms with E-state index < -0.39 is 17.2 Å². The highest BCUT2D eigenvalue weighted by molar-refractivity contribution is 5.85. The third-order valence-corrected chi connectivity index (χ3v) is 6.67. The van der Waals surface area contributed by atoms with E-state index in [1.807, 2.05) is 18.3 Å². The molecule has 1 aliphatic rings. The number of benzene rings is 1. The highest BCUT2D eigenvalue weighted by Crippen LogP contribution is 2.29. The molecule has 0 radical (unpaired) electrons. The summed E-state index contributed by atoms with van der Waals surface area (Å²) in [5, 5.41) is 2.85. The van der Waals surface area contributed by atoms with Crippen LogP contribution in [0.1, 0.15) is 24.3 Å². The lowest BCUT2D eigenvalue weighted by atomic mass is 9.91. The van der Waals surface area contributed by atoms with Crippen molar-refractivity contribution in [1.82, 2.24) is 34.2 Å². The smallest absolute Gasteiger partial charge is 0.261 e. The lowest BCUT2D eigenvalue weighted by molar-refractivity contribution is 0.255. The Morgan fingerprint density at radius 3 is 2.67 bits per heavy atom. The summed E-state index contributed by atoms with van der Waals surface area (Å²) in [4.78, 5) is 34.0. The van der Waals surface area contributed by atoms with Crippen LogP contribution in [0.3, 0.4) is 0 Å². The molecule has 1 saturated heterocycles. The molecule has 0 amide bonds. The second kappa shape index (κ2) is 8.76. The number of nitrogens with zero attached hydrogens (tertiary/aromatic N) is 6. The van der Waals surface area contributed by atoms with Crippen molar-refractivity contribution < 1.29 is 8.78 Å². The third kappa shape index (κ3) is 3.97. The number of nitrogens with one attached hydrogen (secondary N) is 2. The van der Waals surface area contributed by atoms with Gasteiger partial charge in [0.25, 0.3) is 5.56 Å². The van der Waals surface area contributed by atoms with Crippen LogP contribution >= 0.6 is 0 Å². The van der Waals surface area contributed by atoms with Crippen LogP contribution in [0, 0.1) is 11.6 Å². The first kappa shape index (κ1) is 22.2. The van der Waals surface area contributed by atoms with E-state index in [4.69, 9.17) is 0 Å². The van der Waals surface area contributed by atoms with Crippen LogP contribution in [0.15, 0.2) is 54.0 Å². The standard InChI is InChI=1S/C25H22F2N8O/c1-34-6-4-14(5-7-34)15-2-3-20(29-10-15)31-25-30-11-18(27)23(33-25)16-8-17(26)22-19(9-16)35-13-28-12-21(35)32-24(22)36/h2-3,8-14H,4-7H2,1H3,(H,32,36)(H,29,30,31,33). The minimum atomic E-state index is -0.793. The summed E-state index contributed by atoms with van der Waals surface area (Å²) in [6, 6.07) is 6.47. The topological polar surface area (TPSA) is 104 Å². The van der Waals surface area contributed by atoms with Crippen LogP contribution in [0.2, 0.25) is 0 Å². The summed E-state index contributed by atoms with van der Waals surface area (Å²) < 4.78 is 31.3. The molecule has 1 aromatic carbocycles. The van der Waals surface area contributed by atoms with Crippen molar-refractivity contribution in [2.75, 3.05) is 25.5 Å². The summed E-state index contributed by atoms with van der Waals surface area (Å²) in [6.07, 6.45) is 7.94. The highest BCUT2D eigenvalue weighted by atomic mass is 19.1. The van der Waals surface area contributed by atoms with Gasteiger partial charge in [-0.05, 0) is 62.7 Å². The maximum atomic E-state index is 15.0. The molecule has 0 unspecified atom stereocenters. The van der Waals surface area contributed by atoms with Gasteiger partial charge >= 0.3 is 0 Å². The second-order valence-electron chi connectivity index (χ2n) is 9.02. The molecule has 0 saturated carbocycles. The lowest BCUT2D eigenvalue weighted by Crippen LogP contribution is -2.29. The summed E-state index contributed by atoms with van der Waals surface area (Å²) in [7, 11) is 2.13. The number of aromatic amines is 1. The van der Waals surface area contributed by atoms with Crippen LogP contribution in [-0.2, 0) is 0 Å². The molecule has 2 N–H and O–H groups in total. The van der Waals surface area contributed by atoms with Crippen LogP contribution in [-0.4, -0.2) is 54.4 Å². The predicted molar refractivity (Wildman–Crippen MR) is 131 cm³/mol. The fraction of sp³-hybridized carbons (Fsp3) is 0.240. The Bertz CT molecular complexity index is 1640. The quantitative estimate of drug-likeness (QED) is 0.396. The first-order valence-electron chi connectivity index (χ1n) is 11.6. The van der Waals surface area contributed by atoms with Crippen LogP contribution < -0.4 is 10.9 Å². The van der Waals surface area contributed by atoms with Crippen molar-refractivity contribution in [1.29, 1.82) is 0 Å². The number of anilines is 2. The zero-order valence-corrected chi connectivity index (χ0v) is 19.4. The Hall–Kier alpha value is -4.25. The van der Waals surface area contributed by atoms with Crippen LogP contribution in [0.4, 0.5) is 20.5 Å². The minimum absolute atomic E-state index is 0.107. The van der Waals surface area contributed by atoms with E-state index in [0.29, 0.717) is 17.4 Å². The molecule has 0 spiro atoms. The molecule has 0 atom stereocenters. The molecule has 9 nitrogen and oxygen atoms in total. The molecule has 6 rings (SSSR count). The summed E-state index contributed by atoms with van der Waals surface area (Å²) in [6.45, 7) is 2.12. The summed E-state index contributed by atoms with van der Waals surface area (Å²) >= 11 is 0. The summed E-state index contributed by atoms with van der Waals surface area (Å²) in [5.41, 5.74) is 1.28. The van der Waals surface area contributed by atoms with Gasteiger partial charge in [0.05, 0.1) is 23.3 Å². The number of hydrogen-bond acceptors (Lipinski definition) is 7. The molecule has 4 aromatic heterocycles. The maximum Gasteiger partial charge on any atom is 0.261 e. The number of rotatable bonds is 4. The van der Waals surface area contributed by atoms with Gasteiger partial charge in [-0.1, -0.05) is 6.07 Å². The largest absolute Gasteiger partial charge is 0.309 e. The molecule has 1 fully saturated rings. The van der Waals surface area contributed by atoms with E-state index in [0.717, 1.165) is 38.2 Å². The average Bonchev–Trinajstić information content (AvgIpc) is 3.34. The molecular weight excluding hydrogens is 466 g/mol. The van der Waals surface area contributed by atoms with Crippen molar-refractivity contribution in [3.8, 4) is 11.3 Å². The summed E-state index contributed by atoms with van der Waals surface area (Å²) in [5.74, 6) is -0.409. The number of pyridine rings is 1. The highest BCUT2D eigenvalue weighted by Gasteiger charge is 2.19. The number of H-pyrrole nitrogens is 1. The number of piperidine rings is 1.